The van der Waals surface area contributed by atoms with Crippen LogP contribution in [0.5, 0.6) is 0 Å². The van der Waals surface area contributed by atoms with Crippen LogP contribution in [-0.2, 0) is 0 Å². The van der Waals surface area contributed by atoms with Gasteiger partial charge in [0.15, 0.2) is 0 Å². The number of halogens is 2. The van der Waals surface area contributed by atoms with Crippen molar-refractivity contribution >= 4 is 144 Å². The van der Waals surface area contributed by atoms with E-state index in [9.17, 15) is 0 Å². The summed E-state index contributed by atoms with van der Waals surface area (Å²) in [4.78, 5) is 5.52. The van der Waals surface area contributed by atoms with E-state index in [-0.39, 0.29) is 12.1 Å². The molecule has 4 heterocycles. The van der Waals surface area contributed by atoms with Crippen molar-refractivity contribution < 1.29 is 0 Å². The van der Waals surface area contributed by atoms with E-state index >= 15 is 0 Å². The van der Waals surface area contributed by atoms with Crippen LogP contribution in [-0.4, -0.2) is 12.5 Å². The van der Waals surface area contributed by atoms with Crippen LogP contribution in [0.4, 0.5) is 0 Å². The van der Waals surface area contributed by atoms with Gasteiger partial charge in [0.2, 0.25) is 0 Å². The molecule has 180 valence electrons. The molecule has 0 saturated carbocycles. The maximum atomic E-state index is 7.06. The summed E-state index contributed by atoms with van der Waals surface area (Å²) in [5.41, 5.74) is 21.9. The fourth-order valence-corrected chi connectivity index (χ4v) is 17.0. The molecule has 0 aliphatic heterocycles. The second-order valence-corrected chi connectivity index (χ2v) is 18.3. The molecule has 2 aliphatic carbocycles. The fourth-order valence-electron chi connectivity index (χ4n) is 5.93. The normalized spacial score (nSPS) is 17.9. The van der Waals surface area contributed by atoms with Gasteiger partial charge in [-0.1, -0.05) is 24.3 Å². The Morgan fingerprint density at radius 2 is 1.03 bits per heavy atom. The molecule has 2 aromatic carbocycles. The van der Waals surface area contributed by atoms with Crippen molar-refractivity contribution in [3.8, 4) is 20.9 Å². The second-order valence-electron chi connectivity index (χ2n) is 8.93. The van der Waals surface area contributed by atoms with Crippen LogP contribution in [0.25, 0.3) is 50.5 Å². The van der Waals surface area contributed by atoms with E-state index in [1.165, 1.54) is 88.3 Å². The Kier molecular flexibility index (Phi) is 5.52. The number of fused-ring (bicyclic) bond motifs is 13. The summed E-state index contributed by atoms with van der Waals surface area (Å²) in [5, 5.41) is 2.53. The van der Waals surface area contributed by atoms with Crippen LogP contribution >= 0.6 is 114 Å². The molecular weight excluding hydrogens is 787 g/mol. The number of hydrogen-bond acceptors (Lipinski definition) is 8. The molecule has 2 aliphatic rings. The topological polar surface area (TPSA) is 52.0 Å². The summed E-state index contributed by atoms with van der Waals surface area (Å²) < 4.78 is 8.29. The number of nitrogens with two attached hydrogens (primary N) is 2. The van der Waals surface area contributed by atoms with E-state index in [1.807, 2.05) is 68.9 Å². The van der Waals surface area contributed by atoms with Crippen molar-refractivity contribution in [1.29, 1.82) is 0 Å². The first kappa shape index (κ1) is 23.9. The summed E-state index contributed by atoms with van der Waals surface area (Å²) in [6.45, 7) is 0. The van der Waals surface area contributed by atoms with Crippen LogP contribution in [0, 0.1) is 5.77 Å². The van der Waals surface area contributed by atoms with Crippen molar-refractivity contribution in [3.63, 3.8) is 0 Å². The first-order chi connectivity index (χ1) is 17.4. The van der Waals surface area contributed by atoms with Crippen LogP contribution in [0.2, 0.25) is 0 Å². The van der Waals surface area contributed by atoms with E-state index in [0.717, 1.165) is 0 Å². The van der Waals surface area contributed by atoms with Gasteiger partial charge < -0.3 is 11.5 Å². The van der Waals surface area contributed by atoms with Gasteiger partial charge in [-0.3, -0.25) is 0 Å². The zero-order valence-electron chi connectivity index (χ0n) is 18.8. The van der Waals surface area contributed by atoms with Crippen molar-refractivity contribution in [2.75, 3.05) is 12.5 Å². The van der Waals surface area contributed by atoms with Gasteiger partial charge in [-0.2, -0.15) is 0 Å². The maximum absolute atomic E-state index is 7.06. The first-order valence-corrected chi connectivity index (χ1v) is 19.0. The highest BCUT2D eigenvalue weighted by Gasteiger charge is 2.37. The molecule has 8 rings (SSSR count). The van der Waals surface area contributed by atoms with E-state index < -0.39 is 0 Å². The average molecular weight is 803 g/mol. The van der Waals surface area contributed by atoms with Crippen molar-refractivity contribution in [3.05, 3.63) is 52.3 Å². The molecule has 4 aromatic heterocycles. The van der Waals surface area contributed by atoms with E-state index in [2.05, 4.69) is 82.0 Å². The molecule has 2 atom stereocenters. The predicted octanol–water partition coefficient (Wildman–Crippen LogP) is 10.1. The lowest BCUT2D eigenvalue weighted by molar-refractivity contribution is 0.914. The molecule has 0 spiro atoms. The molecular formula is C26H16I2N2S6. The molecule has 2 nitrogen and oxygen atoms in total. The lowest BCUT2D eigenvalue weighted by Gasteiger charge is -2.16. The number of rotatable bonds is 2. The Morgan fingerprint density at radius 3 is 1.42 bits per heavy atom. The van der Waals surface area contributed by atoms with E-state index in [1.54, 1.807) is 0 Å². The lowest BCUT2D eigenvalue weighted by Crippen LogP contribution is -2.10. The van der Waals surface area contributed by atoms with Crippen molar-refractivity contribution in [2.45, 2.75) is 21.9 Å². The maximum Gasteiger partial charge on any atom is 0.0810 e. The first-order valence-electron chi connectivity index (χ1n) is 11.1. The molecule has 4 N–H and O–H groups in total. The molecule has 10 heteroatoms. The summed E-state index contributed by atoms with van der Waals surface area (Å²) in [6.07, 6.45) is 4.34. The van der Waals surface area contributed by atoms with Gasteiger partial charge in [0.1, 0.15) is 0 Å². The zero-order valence-corrected chi connectivity index (χ0v) is 28.0. The SMILES string of the molecule is CSc1c(I)sc2c3c(sc12)-c1ccc2c4c(ccc2c1C3N)-c1sc2c(SC)c(I)sc2c1C4N. The Labute approximate surface area is 259 Å². The largest absolute Gasteiger partial charge is 0.320 e. The van der Waals surface area contributed by atoms with Crippen molar-refractivity contribution in [2.24, 2.45) is 11.5 Å². The van der Waals surface area contributed by atoms with Gasteiger partial charge in [-0.05, 0) is 90.7 Å². The van der Waals surface area contributed by atoms with E-state index in [4.69, 9.17) is 11.5 Å². The highest BCUT2D eigenvalue weighted by molar-refractivity contribution is 14.1. The molecule has 0 amide bonds. The predicted molar refractivity (Wildman–Crippen MR) is 182 cm³/mol. The van der Waals surface area contributed by atoms with Gasteiger partial charge >= 0.3 is 0 Å². The molecule has 0 radical (unpaired) electrons. The molecule has 0 bridgehead atoms. The van der Waals surface area contributed by atoms with Gasteiger partial charge in [0.25, 0.3) is 0 Å². The third kappa shape index (κ3) is 2.87. The van der Waals surface area contributed by atoms with Crippen molar-refractivity contribution in [1.82, 2.24) is 0 Å². The number of thioether (sulfide) groups is 2. The minimum Gasteiger partial charge on any atom is -0.320 e. The standard InChI is InChI=1S/C26H16I2N2S6/c1-31-23-21-19(35-25(23)27)13-15(29)11-7-4-6-10-12(8(7)3-5-9(11)17(13)33-21)16(30)14-18(10)34-22-20(14)36-26(28)24(22)32-2/h3-6,15-16H,29-30H2,1-2H3. The Balaban J connectivity index is 1.36. The number of hydrogen-bond donors (Lipinski definition) is 2. The van der Waals surface area contributed by atoms with Gasteiger partial charge in [0, 0.05) is 30.7 Å². The highest BCUT2D eigenvalue weighted by atomic mass is 127. The third-order valence-corrected chi connectivity index (χ3v) is 17.5. The highest BCUT2D eigenvalue weighted by Crippen LogP contribution is 2.60. The molecule has 2 unspecified atom stereocenters. The second kappa shape index (κ2) is 8.31. The third-order valence-electron chi connectivity index (χ3n) is 7.38. The summed E-state index contributed by atoms with van der Waals surface area (Å²) >= 11 is 16.3. The zero-order chi connectivity index (χ0) is 24.6. The van der Waals surface area contributed by atoms with Gasteiger partial charge in [0.05, 0.1) is 36.7 Å². The smallest absolute Gasteiger partial charge is 0.0810 e. The Morgan fingerprint density at radius 1 is 0.611 bits per heavy atom. The summed E-state index contributed by atoms with van der Waals surface area (Å²) in [6, 6.07) is 9.03. The van der Waals surface area contributed by atoms with Gasteiger partial charge in [-0.15, -0.1) is 68.9 Å². The number of benzene rings is 2. The number of thiophene rings is 4. The molecule has 0 fully saturated rings. The minimum absolute atomic E-state index is 0.101. The molecule has 36 heavy (non-hydrogen) atoms. The lowest BCUT2D eigenvalue weighted by atomic mass is 9.92. The van der Waals surface area contributed by atoms with Gasteiger partial charge in [-0.25, -0.2) is 0 Å². The quantitative estimate of drug-likeness (QED) is 0.135. The van der Waals surface area contributed by atoms with E-state index in [0.29, 0.717) is 0 Å². The minimum atomic E-state index is -0.101. The van der Waals surface area contributed by atoms with Crippen LogP contribution in [0.15, 0.2) is 34.1 Å². The Bertz CT molecular complexity index is 1800. The average Bonchev–Trinajstić information content (AvgIpc) is 3.65. The molecule has 6 aromatic rings. The summed E-state index contributed by atoms with van der Waals surface area (Å²) in [5.74, 6) is 0. The molecule has 0 saturated heterocycles. The van der Waals surface area contributed by atoms with Crippen LogP contribution < -0.4 is 11.5 Å². The van der Waals surface area contributed by atoms with Crippen LogP contribution in [0.1, 0.15) is 34.3 Å². The summed E-state index contributed by atoms with van der Waals surface area (Å²) in [7, 11) is 0. The Hall–Kier alpha value is 0.1000. The monoisotopic (exact) mass is 802 g/mol. The van der Waals surface area contributed by atoms with Crippen LogP contribution in [0.3, 0.4) is 0 Å². The fraction of sp³-hybridized carbons (Fsp3) is 0.154.